The van der Waals surface area contributed by atoms with Crippen molar-refractivity contribution in [3.8, 4) is 0 Å². The number of carbonyl (C=O) groups is 1. The summed E-state index contributed by atoms with van der Waals surface area (Å²) in [6, 6.07) is 3.75. The van der Waals surface area contributed by atoms with E-state index >= 15 is 0 Å². The molecule has 2 aromatic rings. The van der Waals surface area contributed by atoms with Gasteiger partial charge in [-0.2, -0.15) is 21.1 Å². The van der Waals surface area contributed by atoms with Crippen molar-refractivity contribution in [2.24, 2.45) is 4.99 Å². The molecule has 1 saturated heterocycles. The number of aryl methyl sites for hydroxylation is 1. The van der Waals surface area contributed by atoms with Crippen LogP contribution in [-0.2, 0) is 21.4 Å². The molecule has 0 N–H and O–H groups in total. The fourth-order valence-corrected chi connectivity index (χ4v) is 5.65. The highest BCUT2D eigenvalue weighted by Crippen LogP contribution is 2.22. The first-order valence-corrected chi connectivity index (χ1v) is 12.2. The van der Waals surface area contributed by atoms with Gasteiger partial charge in [-0.25, -0.2) is 12.8 Å². The summed E-state index contributed by atoms with van der Waals surface area (Å²) in [6.45, 7) is 0.980. The molecule has 1 fully saturated rings. The molecular weight excluding hydrogens is 397 g/mol. The van der Waals surface area contributed by atoms with Crippen molar-refractivity contribution in [2.75, 3.05) is 24.8 Å². The Balaban J connectivity index is 2.04. The van der Waals surface area contributed by atoms with Crippen LogP contribution in [0.4, 0.5) is 4.39 Å². The second-order valence-electron chi connectivity index (χ2n) is 6.12. The van der Waals surface area contributed by atoms with Crippen LogP contribution in [0.2, 0.25) is 0 Å². The maximum absolute atomic E-state index is 13.5. The van der Waals surface area contributed by atoms with Gasteiger partial charge in [0.25, 0.3) is 5.91 Å². The number of sulfonamides is 1. The zero-order valence-electron chi connectivity index (χ0n) is 14.5. The molecule has 1 aromatic carbocycles. The summed E-state index contributed by atoms with van der Waals surface area (Å²) in [5.41, 5.74) is 0.823. The number of aromatic nitrogens is 1. The molecule has 1 aromatic heterocycles. The lowest BCUT2D eigenvalue weighted by atomic mass is 10.2. The highest BCUT2D eigenvalue weighted by atomic mass is 32.2. The van der Waals surface area contributed by atoms with Gasteiger partial charge in [-0.1, -0.05) is 11.3 Å². The number of rotatable bonds is 5. The molecular formula is C16H20FN3O3S3. The molecule has 26 heavy (non-hydrogen) atoms. The largest absolute Gasteiger partial charge is 0.316 e. The van der Waals surface area contributed by atoms with E-state index in [1.165, 1.54) is 27.8 Å². The number of amides is 1. The van der Waals surface area contributed by atoms with E-state index in [2.05, 4.69) is 4.99 Å². The second kappa shape index (κ2) is 7.79. The predicted octanol–water partition coefficient (Wildman–Crippen LogP) is 2.06. The van der Waals surface area contributed by atoms with Crippen LogP contribution in [0.5, 0.6) is 0 Å². The van der Waals surface area contributed by atoms with Gasteiger partial charge in [-0.3, -0.25) is 4.79 Å². The van der Waals surface area contributed by atoms with Gasteiger partial charge < -0.3 is 4.57 Å². The number of hydrogen-bond donors (Lipinski definition) is 0. The number of hydrogen-bond acceptors (Lipinski definition) is 5. The lowest BCUT2D eigenvalue weighted by Gasteiger charge is -2.18. The topological polar surface area (TPSA) is 71.7 Å². The maximum Gasteiger partial charge on any atom is 0.266 e. The Kier molecular flexibility index (Phi) is 5.85. The van der Waals surface area contributed by atoms with E-state index in [0.29, 0.717) is 35.4 Å². The van der Waals surface area contributed by atoms with Gasteiger partial charge in [0, 0.05) is 18.8 Å². The van der Waals surface area contributed by atoms with E-state index in [0.717, 1.165) is 17.5 Å². The van der Waals surface area contributed by atoms with Crippen LogP contribution in [-0.4, -0.2) is 54.0 Å². The van der Waals surface area contributed by atoms with Gasteiger partial charge >= 0.3 is 0 Å². The molecule has 1 aliphatic rings. The van der Waals surface area contributed by atoms with E-state index < -0.39 is 22.0 Å². The normalized spacial score (nSPS) is 19.5. The van der Waals surface area contributed by atoms with Crippen molar-refractivity contribution in [1.82, 2.24) is 8.87 Å². The molecule has 1 unspecified atom stereocenters. The van der Waals surface area contributed by atoms with E-state index in [1.54, 1.807) is 17.8 Å². The number of thioether (sulfide) groups is 1. The molecule has 6 nitrogen and oxygen atoms in total. The van der Waals surface area contributed by atoms with Crippen LogP contribution < -0.4 is 4.80 Å². The fourth-order valence-electron chi connectivity index (χ4n) is 3.08. The summed E-state index contributed by atoms with van der Waals surface area (Å²) >= 11 is 2.91. The Labute approximate surface area is 159 Å². The Morgan fingerprint density at radius 3 is 2.92 bits per heavy atom. The zero-order valence-corrected chi connectivity index (χ0v) is 17.0. The summed E-state index contributed by atoms with van der Waals surface area (Å²) in [5.74, 6) is 0.0225. The third kappa shape index (κ3) is 4.03. The summed E-state index contributed by atoms with van der Waals surface area (Å²) in [4.78, 5) is 17.4. The Hall–Kier alpha value is -1.23. The first-order chi connectivity index (χ1) is 12.3. The minimum Gasteiger partial charge on any atom is -0.316 e. The maximum atomic E-state index is 13.5. The van der Waals surface area contributed by atoms with E-state index in [1.807, 2.05) is 10.8 Å². The fraction of sp³-hybridized carbons (Fsp3) is 0.500. The highest BCUT2D eigenvalue weighted by molar-refractivity contribution is 7.98. The molecule has 142 valence electrons. The van der Waals surface area contributed by atoms with Crippen LogP contribution in [0.25, 0.3) is 10.2 Å². The number of halogens is 1. The molecule has 10 heteroatoms. The Morgan fingerprint density at radius 1 is 1.46 bits per heavy atom. The van der Waals surface area contributed by atoms with Gasteiger partial charge in [0.05, 0.1) is 16.5 Å². The van der Waals surface area contributed by atoms with E-state index in [-0.39, 0.29) is 5.82 Å². The van der Waals surface area contributed by atoms with Crippen molar-refractivity contribution < 1.29 is 17.6 Å². The molecule has 0 aliphatic carbocycles. The molecule has 3 rings (SSSR count). The van der Waals surface area contributed by atoms with Crippen LogP contribution in [0.1, 0.15) is 12.8 Å². The monoisotopic (exact) mass is 417 g/mol. The number of nitrogens with zero attached hydrogens (tertiary/aromatic N) is 3. The van der Waals surface area contributed by atoms with Crippen molar-refractivity contribution in [2.45, 2.75) is 25.4 Å². The lowest BCUT2D eigenvalue weighted by molar-refractivity contribution is -0.121. The summed E-state index contributed by atoms with van der Waals surface area (Å²) in [5, 5.41) is 0. The van der Waals surface area contributed by atoms with Crippen molar-refractivity contribution >= 4 is 49.2 Å². The molecule has 0 bridgehead atoms. The van der Waals surface area contributed by atoms with Gasteiger partial charge in [-0.15, -0.1) is 0 Å². The third-order valence-corrected chi connectivity index (χ3v) is 7.21. The third-order valence-electron chi connectivity index (χ3n) is 4.28. The standard InChI is InChI=1S/C16H20FN3O3S3/c1-24-9-8-19-12-6-5-11(17)10-14(12)25-16(19)18-15(21)13-4-3-7-20(13)26(2,22)23/h5-6,10,13H,3-4,7-9H2,1-2H3. The van der Waals surface area contributed by atoms with E-state index in [4.69, 9.17) is 0 Å². The van der Waals surface area contributed by atoms with Crippen LogP contribution in [0.15, 0.2) is 23.2 Å². The molecule has 1 atom stereocenters. The van der Waals surface area contributed by atoms with Crippen LogP contribution in [0.3, 0.4) is 0 Å². The number of benzene rings is 1. The minimum atomic E-state index is -3.45. The number of fused-ring (bicyclic) bond motifs is 1. The highest BCUT2D eigenvalue weighted by Gasteiger charge is 2.36. The average Bonchev–Trinajstić information content (AvgIpc) is 3.17. The average molecular weight is 418 g/mol. The molecule has 1 amide bonds. The predicted molar refractivity (Wildman–Crippen MR) is 103 cm³/mol. The Bertz CT molecular complexity index is 997. The zero-order chi connectivity index (χ0) is 18.9. The summed E-state index contributed by atoms with van der Waals surface area (Å²) in [6.07, 6.45) is 4.21. The molecule has 0 spiro atoms. The van der Waals surface area contributed by atoms with Gasteiger partial charge in [0.15, 0.2) is 4.80 Å². The quantitative estimate of drug-likeness (QED) is 0.747. The molecule has 0 saturated carbocycles. The van der Waals surface area contributed by atoms with Crippen molar-refractivity contribution in [3.05, 3.63) is 28.8 Å². The number of thiazole rings is 1. The van der Waals surface area contributed by atoms with E-state index in [9.17, 15) is 17.6 Å². The van der Waals surface area contributed by atoms with Crippen LogP contribution >= 0.6 is 23.1 Å². The smallest absolute Gasteiger partial charge is 0.266 e. The minimum absolute atomic E-state index is 0.340. The first kappa shape index (κ1) is 19.5. The van der Waals surface area contributed by atoms with Gasteiger partial charge in [-0.05, 0) is 37.3 Å². The molecule has 2 heterocycles. The summed E-state index contributed by atoms with van der Waals surface area (Å²) < 4.78 is 41.1. The van der Waals surface area contributed by atoms with Crippen molar-refractivity contribution in [1.29, 1.82) is 0 Å². The molecule has 0 radical (unpaired) electrons. The number of carbonyl (C=O) groups excluding carboxylic acids is 1. The van der Waals surface area contributed by atoms with Gasteiger partial charge in [0.1, 0.15) is 11.9 Å². The lowest BCUT2D eigenvalue weighted by Crippen LogP contribution is -2.40. The second-order valence-corrected chi connectivity index (χ2v) is 10.1. The van der Waals surface area contributed by atoms with Crippen molar-refractivity contribution in [3.63, 3.8) is 0 Å². The first-order valence-electron chi connectivity index (χ1n) is 8.14. The van der Waals surface area contributed by atoms with Crippen LogP contribution in [0, 0.1) is 5.82 Å². The van der Waals surface area contributed by atoms with Gasteiger partial charge in [0.2, 0.25) is 10.0 Å². The Morgan fingerprint density at radius 2 is 2.23 bits per heavy atom. The molecule has 1 aliphatic heterocycles. The summed E-state index contributed by atoms with van der Waals surface area (Å²) in [7, 11) is -3.45. The SMILES string of the molecule is CSCCn1c(=NC(=O)C2CCCN2S(C)(=O)=O)sc2cc(F)ccc21.